The first kappa shape index (κ1) is 16.8. The van der Waals surface area contributed by atoms with E-state index in [1.165, 1.54) is 11.9 Å². The Morgan fingerprint density at radius 3 is 2.83 bits per heavy atom. The SMILES string of the molecule is CCNC(=NCc1ccc(C)cc1OC)NCc1ncnn1C. The molecular weight excluding hydrogens is 292 g/mol. The maximum Gasteiger partial charge on any atom is 0.191 e. The van der Waals surface area contributed by atoms with Crippen LogP contribution in [0.3, 0.4) is 0 Å². The molecular formula is C16H24N6O. The standard InChI is InChI=1S/C16H24N6O/c1-5-17-16(19-10-15-20-11-21-22(15)3)18-9-13-7-6-12(2)8-14(13)23-4/h6-8,11H,5,9-10H2,1-4H3,(H2,17,18,19). The molecule has 0 aliphatic carbocycles. The van der Waals surface area contributed by atoms with Gasteiger partial charge < -0.3 is 15.4 Å². The minimum atomic E-state index is 0.539. The van der Waals surface area contributed by atoms with Gasteiger partial charge in [0, 0.05) is 19.2 Å². The number of aryl methyl sites for hydroxylation is 2. The third kappa shape index (κ3) is 4.70. The summed E-state index contributed by atoms with van der Waals surface area (Å²) in [5.41, 5.74) is 2.22. The number of hydrogen-bond acceptors (Lipinski definition) is 4. The zero-order chi connectivity index (χ0) is 16.7. The second-order valence-corrected chi connectivity index (χ2v) is 5.16. The van der Waals surface area contributed by atoms with Crippen molar-refractivity contribution in [3.05, 3.63) is 41.5 Å². The number of rotatable bonds is 6. The van der Waals surface area contributed by atoms with Crippen LogP contribution >= 0.6 is 0 Å². The van der Waals surface area contributed by atoms with Gasteiger partial charge in [-0.1, -0.05) is 12.1 Å². The van der Waals surface area contributed by atoms with Crippen LogP contribution in [0.5, 0.6) is 5.75 Å². The maximum absolute atomic E-state index is 5.42. The van der Waals surface area contributed by atoms with Crippen molar-refractivity contribution in [1.29, 1.82) is 0 Å². The lowest BCUT2D eigenvalue weighted by Gasteiger charge is -2.12. The normalized spacial score (nSPS) is 11.4. The lowest BCUT2D eigenvalue weighted by Crippen LogP contribution is -2.37. The van der Waals surface area contributed by atoms with Gasteiger partial charge in [-0.15, -0.1) is 0 Å². The summed E-state index contributed by atoms with van der Waals surface area (Å²) in [5, 5.41) is 10.5. The average molecular weight is 316 g/mol. The number of hydrogen-bond donors (Lipinski definition) is 2. The molecule has 0 bridgehead atoms. The Morgan fingerprint density at radius 1 is 1.35 bits per heavy atom. The number of methoxy groups -OCH3 is 1. The number of ether oxygens (including phenoxy) is 1. The Balaban J connectivity index is 2.05. The van der Waals surface area contributed by atoms with E-state index in [0.717, 1.165) is 29.6 Å². The number of guanidine groups is 1. The van der Waals surface area contributed by atoms with Crippen LogP contribution in [0.2, 0.25) is 0 Å². The van der Waals surface area contributed by atoms with Crippen LogP contribution < -0.4 is 15.4 Å². The van der Waals surface area contributed by atoms with Crippen LogP contribution in [0.1, 0.15) is 23.9 Å². The Bertz CT molecular complexity index is 664. The average Bonchev–Trinajstić information content (AvgIpc) is 2.96. The Kier molecular flexibility index (Phi) is 5.96. The summed E-state index contributed by atoms with van der Waals surface area (Å²) in [6.07, 6.45) is 1.54. The van der Waals surface area contributed by atoms with Gasteiger partial charge in [-0.3, -0.25) is 4.68 Å². The van der Waals surface area contributed by atoms with Gasteiger partial charge >= 0.3 is 0 Å². The fraction of sp³-hybridized carbons (Fsp3) is 0.438. The summed E-state index contributed by atoms with van der Waals surface area (Å²) in [4.78, 5) is 8.80. The molecule has 0 saturated heterocycles. The van der Waals surface area contributed by atoms with E-state index in [4.69, 9.17) is 4.74 Å². The molecule has 2 rings (SSSR count). The molecule has 7 heteroatoms. The van der Waals surface area contributed by atoms with E-state index in [-0.39, 0.29) is 0 Å². The Morgan fingerprint density at radius 2 is 2.17 bits per heavy atom. The topological polar surface area (TPSA) is 76.4 Å². The smallest absolute Gasteiger partial charge is 0.191 e. The van der Waals surface area contributed by atoms with E-state index < -0.39 is 0 Å². The molecule has 124 valence electrons. The number of aliphatic imine (C=N–C) groups is 1. The van der Waals surface area contributed by atoms with Crippen molar-refractivity contribution in [3.8, 4) is 5.75 Å². The van der Waals surface area contributed by atoms with Gasteiger partial charge in [0.1, 0.15) is 17.9 Å². The predicted molar refractivity (Wildman–Crippen MR) is 90.4 cm³/mol. The van der Waals surface area contributed by atoms with Crippen molar-refractivity contribution < 1.29 is 4.74 Å². The summed E-state index contributed by atoms with van der Waals surface area (Å²) in [6.45, 7) is 5.97. The van der Waals surface area contributed by atoms with Crippen molar-refractivity contribution in [2.75, 3.05) is 13.7 Å². The van der Waals surface area contributed by atoms with E-state index in [2.05, 4.69) is 31.8 Å². The number of nitrogens with one attached hydrogen (secondary N) is 2. The number of aromatic nitrogens is 3. The molecule has 2 aromatic rings. The maximum atomic E-state index is 5.42. The lowest BCUT2D eigenvalue weighted by molar-refractivity contribution is 0.409. The van der Waals surface area contributed by atoms with Crippen molar-refractivity contribution in [2.45, 2.75) is 26.9 Å². The van der Waals surface area contributed by atoms with Crippen LogP contribution in [0, 0.1) is 6.92 Å². The summed E-state index contributed by atoms with van der Waals surface area (Å²) < 4.78 is 7.16. The van der Waals surface area contributed by atoms with E-state index in [1.54, 1.807) is 11.8 Å². The fourth-order valence-electron chi connectivity index (χ4n) is 2.13. The van der Waals surface area contributed by atoms with Crippen LogP contribution in [0.4, 0.5) is 0 Å². The molecule has 0 amide bonds. The lowest BCUT2D eigenvalue weighted by atomic mass is 10.1. The van der Waals surface area contributed by atoms with Gasteiger partial charge in [-0.2, -0.15) is 5.10 Å². The predicted octanol–water partition coefficient (Wildman–Crippen LogP) is 1.39. The third-order valence-corrected chi connectivity index (χ3v) is 3.41. The Hall–Kier alpha value is -2.57. The van der Waals surface area contributed by atoms with Gasteiger partial charge in [0.05, 0.1) is 20.2 Å². The van der Waals surface area contributed by atoms with Crippen LogP contribution in [-0.4, -0.2) is 34.4 Å². The zero-order valence-corrected chi connectivity index (χ0v) is 14.1. The summed E-state index contributed by atoms with van der Waals surface area (Å²) in [7, 11) is 3.55. The Labute approximate surface area is 136 Å². The first-order valence-corrected chi connectivity index (χ1v) is 7.62. The molecule has 7 nitrogen and oxygen atoms in total. The van der Waals surface area contributed by atoms with E-state index in [1.807, 2.05) is 33.0 Å². The molecule has 23 heavy (non-hydrogen) atoms. The van der Waals surface area contributed by atoms with E-state index in [0.29, 0.717) is 13.1 Å². The molecule has 0 atom stereocenters. The van der Waals surface area contributed by atoms with Gasteiger partial charge in [-0.25, -0.2) is 9.98 Å². The largest absolute Gasteiger partial charge is 0.496 e. The molecule has 0 aliphatic heterocycles. The molecule has 0 unspecified atom stereocenters. The summed E-state index contributed by atoms with van der Waals surface area (Å²) >= 11 is 0. The van der Waals surface area contributed by atoms with Gasteiger partial charge in [0.15, 0.2) is 5.96 Å². The third-order valence-electron chi connectivity index (χ3n) is 3.41. The minimum absolute atomic E-state index is 0.539. The second-order valence-electron chi connectivity index (χ2n) is 5.16. The molecule has 2 N–H and O–H groups in total. The van der Waals surface area contributed by atoms with Gasteiger partial charge in [-0.05, 0) is 25.5 Å². The highest BCUT2D eigenvalue weighted by Crippen LogP contribution is 2.20. The minimum Gasteiger partial charge on any atom is -0.496 e. The first-order valence-electron chi connectivity index (χ1n) is 7.62. The molecule has 1 heterocycles. The molecule has 0 saturated carbocycles. The molecule has 0 fully saturated rings. The van der Waals surface area contributed by atoms with E-state index >= 15 is 0 Å². The molecule has 1 aromatic carbocycles. The van der Waals surface area contributed by atoms with Crippen LogP contribution in [0.25, 0.3) is 0 Å². The highest BCUT2D eigenvalue weighted by atomic mass is 16.5. The number of nitrogens with zero attached hydrogens (tertiary/aromatic N) is 4. The van der Waals surface area contributed by atoms with Crippen molar-refractivity contribution >= 4 is 5.96 Å². The molecule has 0 spiro atoms. The number of benzene rings is 1. The van der Waals surface area contributed by atoms with Crippen LogP contribution in [0.15, 0.2) is 29.5 Å². The first-order chi connectivity index (χ1) is 11.1. The summed E-state index contributed by atoms with van der Waals surface area (Å²) in [6, 6.07) is 6.13. The highest BCUT2D eigenvalue weighted by Gasteiger charge is 2.05. The quantitative estimate of drug-likeness (QED) is 0.622. The summed E-state index contributed by atoms with van der Waals surface area (Å²) in [5.74, 6) is 2.44. The second kappa shape index (κ2) is 8.17. The van der Waals surface area contributed by atoms with Crippen molar-refractivity contribution in [3.63, 3.8) is 0 Å². The van der Waals surface area contributed by atoms with Gasteiger partial charge in [0.25, 0.3) is 0 Å². The molecule has 0 aliphatic rings. The molecule has 0 radical (unpaired) electrons. The fourth-order valence-corrected chi connectivity index (χ4v) is 2.13. The van der Waals surface area contributed by atoms with Crippen molar-refractivity contribution in [2.24, 2.45) is 12.0 Å². The molecule has 1 aromatic heterocycles. The van der Waals surface area contributed by atoms with Crippen molar-refractivity contribution in [1.82, 2.24) is 25.4 Å². The van der Waals surface area contributed by atoms with Crippen LogP contribution in [-0.2, 0) is 20.1 Å². The zero-order valence-electron chi connectivity index (χ0n) is 14.1. The monoisotopic (exact) mass is 316 g/mol. The van der Waals surface area contributed by atoms with Gasteiger partial charge in [0.2, 0.25) is 0 Å². The highest BCUT2D eigenvalue weighted by molar-refractivity contribution is 5.79. The van der Waals surface area contributed by atoms with E-state index in [9.17, 15) is 0 Å².